The Balaban J connectivity index is 1.57. The van der Waals surface area contributed by atoms with E-state index in [2.05, 4.69) is 15.2 Å². The van der Waals surface area contributed by atoms with Crippen molar-refractivity contribution in [3.05, 3.63) is 46.2 Å². The summed E-state index contributed by atoms with van der Waals surface area (Å²) in [5, 5.41) is 8.70. The van der Waals surface area contributed by atoms with Gasteiger partial charge in [-0.15, -0.1) is 0 Å². The summed E-state index contributed by atoms with van der Waals surface area (Å²) in [5.74, 6) is -0.186. The van der Waals surface area contributed by atoms with Crippen molar-refractivity contribution < 1.29 is 18.0 Å². The normalized spacial score (nSPS) is 17.3. The number of aromatic nitrogens is 5. The molecule has 3 aromatic rings. The molecule has 1 amide bonds. The monoisotopic (exact) mass is 448 g/mol. The summed E-state index contributed by atoms with van der Waals surface area (Å²) >= 11 is 0. The number of carbonyl (C=O) groups excluding carboxylic acids is 1. The highest BCUT2D eigenvalue weighted by Crippen LogP contribution is 2.32. The van der Waals surface area contributed by atoms with Crippen LogP contribution in [-0.2, 0) is 23.9 Å². The average Bonchev–Trinajstić information content (AvgIpc) is 3.29. The summed E-state index contributed by atoms with van der Waals surface area (Å²) in [6.45, 7) is 8.79. The molecular formula is C22H27F3N6O. The summed E-state index contributed by atoms with van der Waals surface area (Å²) in [5.41, 5.74) is 3.20. The second kappa shape index (κ2) is 8.22. The number of piperidine rings is 1. The van der Waals surface area contributed by atoms with E-state index < -0.39 is 11.9 Å². The van der Waals surface area contributed by atoms with E-state index in [0.717, 1.165) is 40.4 Å². The first-order valence-corrected chi connectivity index (χ1v) is 10.8. The first-order valence-electron chi connectivity index (χ1n) is 10.8. The van der Waals surface area contributed by atoms with Gasteiger partial charge in [0, 0.05) is 36.5 Å². The van der Waals surface area contributed by atoms with Crippen LogP contribution in [0.4, 0.5) is 13.2 Å². The van der Waals surface area contributed by atoms with Gasteiger partial charge in [0.2, 0.25) is 5.91 Å². The summed E-state index contributed by atoms with van der Waals surface area (Å²) in [6.07, 6.45) is -2.60. The predicted octanol–water partition coefficient (Wildman–Crippen LogP) is 3.84. The van der Waals surface area contributed by atoms with E-state index in [0.29, 0.717) is 30.9 Å². The number of hydrogen-bond donors (Lipinski definition) is 0. The molecule has 4 rings (SSSR count). The summed E-state index contributed by atoms with van der Waals surface area (Å²) in [4.78, 5) is 19.0. The van der Waals surface area contributed by atoms with Crippen molar-refractivity contribution >= 4 is 11.6 Å². The number of hydrogen-bond acceptors (Lipinski definition) is 4. The highest BCUT2D eigenvalue weighted by molar-refractivity contribution is 5.76. The zero-order valence-electron chi connectivity index (χ0n) is 18.7. The standard InChI is InChI=1S/C22H27F3N6O/c1-5-17-9-19(22(23,24)25)31-20(26-17)10-18(28-31)16-7-6-8-29(11-16)21(32)12-30-15(4)13(2)14(3)27-30/h9-10,16H,5-8,11-12H2,1-4H3/t16-/m1/s1. The van der Waals surface area contributed by atoms with Crippen molar-refractivity contribution in [2.75, 3.05) is 13.1 Å². The number of fused-ring (bicyclic) bond motifs is 1. The molecule has 0 unspecified atom stereocenters. The molecule has 0 aromatic carbocycles. The minimum Gasteiger partial charge on any atom is -0.340 e. The Hall–Kier alpha value is -2.91. The lowest BCUT2D eigenvalue weighted by atomic mass is 9.95. The molecule has 0 radical (unpaired) electrons. The van der Waals surface area contributed by atoms with Crippen LogP contribution in [-0.4, -0.2) is 48.3 Å². The number of likely N-dealkylation sites (tertiary alicyclic amines) is 1. The van der Waals surface area contributed by atoms with Crippen LogP contribution in [0.2, 0.25) is 0 Å². The zero-order valence-corrected chi connectivity index (χ0v) is 18.7. The van der Waals surface area contributed by atoms with Gasteiger partial charge in [-0.25, -0.2) is 9.50 Å². The largest absolute Gasteiger partial charge is 0.433 e. The molecule has 4 heterocycles. The van der Waals surface area contributed by atoms with Crippen molar-refractivity contribution in [3.63, 3.8) is 0 Å². The maximum atomic E-state index is 13.6. The second-order valence-corrected chi connectivity index (χ2v) is 8.46. The highest BCUT2D eigenvalue weighted by atomic mass is 19.4. The number of halogens is 3. The molecule has 32 heavy (non-hydrogen) atoms. The number of alkyl halides is 3. The summed E-state index contributed by atoms with van der Waals surface area (Å²) < 4.78 is 43.3. The topological polar surface area (TPSA) is 68.3 Å². The highest BCUT2D eigenvalue weighted by Gasteiger charge is 2.36. The van der Waals surface area contributed by atoms with Gasteiger partial charge < -0.3 is 4.90 Å². The number of nitrogens with zero attached hydrogens (tertiary/aromatic N) is 6. The molecule has 0 bridgehead atoms. The number of amides is 1. The van der Waals surface area contributed by atoms with E-state index in [4.69, 9.17) is 0 Å². The fourth-order valence-electron chi connectivity index (χ4n) is 4.24. The Kier molecular flexibility index (Phi) is 5.72. The zero-order chi connectivity index (χ0) is 23.2. The van der Waals surface area contributed by atoms with Crippen LogP contribution in [0.25, 0.3) is 5.65 Å². The third-order valence-corrected chi connectivity index (χ3v) is 6.37. The minimum atomic E-state index is -4.53. The predicted molar refractivity (Wildman–Crippen MR) is 112 cm³/mol. The van der Waals surface area contributed by atoms with Crippen molar-refractivity contribution in [1.82, 2.24) is 29.3 Å². The van der Waals surface area contributed by atoms with Gasteiger partial charge in [-0.1, -0.05) is 6.92 Å². The molecule has 1 atom stereocenters. The van der Waals surface area contributed by atoms with Crippen LogP contribution in [0.15, 0.2) is 12.1 Å². The van der Waals surface area contributed by atoms with Crippen molar-refractivity contribution in [1.29, 1.82) is 0 Å². The fourth-order valence-corrected chi connectivity index (χ4v) is 4.24. The van der Waals surface area contributed by atoms with Gasteiger partial charge in [0.25, 0.3) is 0 Å². The second-order valence-electron chi connectivity index (χ2n) is 8.46. The molecule has 172 valence electrons. The lowest BCUT2D eigenvalue weighted by Gasteiger charge is -2.32. The third kappa shape index (κ3) is 4.10. The molecule has 1 aliphatic heterocycles. The van der Waals surface area contributed by atoms with E-state index in [9.17, 15) is 18.0 Å². The first-order chi connectivity index (χ1) is 15.1. The minimum absolute atomic E-state index is 0.0496. The van der Waals surface area contributed by atoms with Crippen molar-refractivity contribution in [2.45, 2.75) is 65.6 Å². The Morgan fingerprint density at radius 1 is 1.19 bits per heavy atom. The van der Waals surface area contributed by atoms with E-state index in [-0.39, 0.29) is 24.0 Å². The molecule has 7 nitrogen and oxygen atoms in total. The molecule has 1 fully saturated rings. The first kappa shape index (κ1) is 22.3. The Bertz CT molecular complexity index is 1160. The van der Waals surface area contributed by atoms with Crippen molar-refractivity contribution in [2.24, 2.45) is 0 Å². The molecular weight excluding hydrogens is 421 g/mol. The molecule has 0 N–H and O–H groups in total. The van der Waals surface area contributed by atoms with Crippen LogP contribution in [0.1, 0.15) is 59.7 Å². The Labute approximate surface area is 184 Å². The fraction of sp³-hybridized carbons (Fsp3) is 0.545. The van der Waals surface area contributed by atoms with E-state index in [1.165, 1.54) is 0 Å². The lowest BCUT2D eigenvalue weighted by Crippen LogP contribution is -2.41. The van der Waals surface area contributed by atoms with Gasteiger partial charge >= 0.3 is 6.18 Å². The Morgan fingerprint density at radius 2 is 1.94 bits per heavy atom. The SMILES string of the molecule is CCc1cc(C(F)(F)F)n2nc([C@@H]3CCCN(C(=O)Cn4nc(C)c(C)c4C)C3)cc2n1. The van der Waals surface area contributed by atoms with Crippen LogP contribution in [0.5, 0.6) is 0 Å². The summed E-state index contributed by atoms with van der Waals surface area (Å²) in [7, 11) is 0. The van der Waals surface area contributed by atoms with Crippen molar-refractivity contribution in [3.8, 4) is 0 Å². The molecule has 0 aliphatic carbocycles. The molecule has 10 heteroatoms. The van der Waals surface area contributed by atoms with Crippen LogP contribution in [0, 0.1) is 20.8 Å². The Morgan fingerprint density at radius 3 is 2.56 bits per heavy atom. The molecule has 0 saturated carbocycles. The van der Waals surface area contributed by atoms with Gasteiger partial charge in [0.1, 0.15) is 12.2 Å². The quantitative estimate of drug-likeness (QED) is 0.608. The number of rotatable bonds is 4. The molecule has 0 spiro atoms. The number of aryl methyl sites for hydroxylation is 2. The van der Waals surface area contributed by atoms with Gasteiger partial charge in [-0.2, -0.15) is 23.4 Å². The van der Waals surface area contributed by atoms with Gasteiger partial charge in [0.15, 0.2) is 5.65 Å². The average molecular weight is 448 g/mol. The molecule has 1 aliphatic rings. The molecule has 1 saturated heterocycles. The van der Waals surface area contributed by atoms with E-state index in [1.807, 2.05) is 20.8 Å². The van der Waals surface area contributed by atoms with Crippen LogP contribution < -0.4 is 0 Å². The van der Waals surface area contributed by atoms with E-state index in [1.54, 1.807) is 22.6 Å². The smallest absolute Gasteiger partial charge is 0.340 e. The molecule has 3 aromatic heterocycles. The van der Waals surface area contributed by atoms with Gasteiger partial charge in [-0.3, -0.25) is 9.48 Å². The van der Waals surface area contributed by atoms with Gasteiger partial charge in [0.05, 0.1) is 11.4 Å². The third-order valence-electron chi connectivity index (χ3n) is 6.37. The van der Waals surface area contributed by atoms with Gasteiger partial charge in [-0.05, 0) is 51.7 Å². The van der Waals surface area contributed by atoms with E-state index >= 15 is 0 Å². The maximum absolute atomic E-state index is 13.6. The van der Waals surface area contributed by atoms with Crippen LogP contribution in [0.3, 0.4) is 0 Å². The summed E-state index contributed by atoms with van der Waals surface area (Å²) in [6, 6.07) is 2.67. The number of carbonyl (C=O) groups is 1. The maximum Gasteiger partial charge on any atom is 0.433 e. The lowest BCUT2D eigenvalue weighted by molar-refractivity contribution is -0.142. The van der Waals surface area contributed by atoms with Crippen LogP contribution >= 0.6 is 0 Å².